The van der Waals surface area contributed by atoms with Crippen LogP contribution in [0.15, 0.2) is 0 Å². The smallest absolute Gasteiger partial charge is 0.207 e. The molecule has 0 saturated heterocycles. The molecule has 2 aromatic heterocycles. The molecule has 0 saturated carbocycles. The highest BCUT2D eigenvalue weighted by molar-refractivity contribution is 5.70. The molecule has 0 fully saturated rings. The van der Waals surface area contributed by atoms with Crippen molar-refractivity contribution in [1.29, 1.82) is 0 Å². The van der Waals surface area contributed by atoms with Crippen molar-refractivity contribution in [3.05, 3.63) is 11.4 Å². The lowest BCUT2D eigenvalue weighted by Crippen LogP contribution is -2.38. The van der Waals surface area contributed by atoms with E-state index in [-0.39, 0.29) is 6.17 Å². The van der Waals surface area contributed by atoms with Gasteiger partial charge in [0.25, 0.3) is 0 Å². The first kappa shape index (κ1) is 14.7. The zero-order chi connectivity index (χ0) is 14.9. The minimum atomic E-state index is 0.225. The number of nitrogens with one attached hydrogen (secondary N) is 1. The number of imidazole rings is 1. The second kappa shape index (κ2) is 5.75. The van der Waals surface area contributed by atoms with Crippen LogP contribution in [-0.4, -0.2) is 43.7 Å². The summed E-state index contributed by atoms with van der Waals surface area (Å²) in [7, 11) is 1.97. The van der Waals surface area contributed by atoms with Gasteiger partial charge in [0.1, 0.15) is 0 Å². The Kier molecular flexibility index (Phi) is 4.23. The van der Waals surface area contributed by atoms with Crippen LogP contribution in [0.25, 0.3) is 11.3 Å². The van der Waals surface area contributed by atoms with E-state index in [0.29, 0.717) is 5.65 Å². The Morgan fingerprint density at radius 1 is 1.10 bits per heavy atom. The summed E-state index contributed by atoms with van der Waals surface area (Å²) >= 11 is 0. The molecule has 0 radical (unpaired) electrons. The average molecular weight is 276 g/mol. The predicted octanol–water partition coefficient (Wildman–Crippen LogP) is 2.08. The number of hydrogen-bond donors (Lipinski definition) is 1. The van der Waals surface area contributed by atoms with E-state index in [1.54, 1.807) is 0 Å². The summed E-state index contributed by atoms with van der Waals surface area (Å²) in [5, 5.41) is 3.44. The van der Waals surface area contributed by atoms with Gasteiger partial charge >= 0.3 is 0 Å². The topological polar surface area (TPSA) is 58.9 Å². The van der Waals surface area contributed by atoms with Crippen molar-refractivity contribution >= 4 is 17.2 Å². The summed E-state index contributed by atoms with van der Waals surface area (Å²) in [4.78, 5) is 16.0. The van der Waals surface area contributed by atoms with E-state index in [1.165, 1.54) is 0 Å². The van der Waals surface area contributed by atoms with Crippen molar-refractivity contribution in [2.75, 3.05) is 18.4 Å². The third-order valence-electron chi connectivity index (χ3n) is 3.82. The Balaban J connectivity index is 2.33. The molecule has 1 N–H and O–H groups in total. The van der Waals surface area contributed by atoms with Crippen LogP contribution in [0.2, 0.25) is 0 Å². The van der Waals surface area contributed by atoms with Gasteiger partial charge < -0.3 is 5.32 Å². The van der Waals surface area contributed by atoms with Gasteiger partial charge in [-0.15, -0.1) is 0 Å². The largest absolute Gasteiger partial charge is 0.340 e. The van der Waals surface area contributed by atoms with Gasteiger partial charge in [-0.25, -0.2) is 9.97 Å². The molecule has 0 spiro atoms. The van der Waals surface area contributed by atoms with Crippen molar-refractivity contribution in [3.63, 3.8) is 0 Å². The Morgan fingerprint density at radius 3 is 2.30 bits per heavy atom. The maximum atomic E-state index is 4.57. The molecule has 0 aromatic carbocycles. The molecular weight excluding hydrogens is 252 g/mol. The number of rotatable bonds is 5. The molecule has 2 rings (SSSR count). The van der Waals surface area contributed by atoms with Crippen LogP contribution in [0.1, 0.15) is 32.2 Å². The van der Waals surface area contributed by atoms with E-state index in [1.807, 2.05) is 25.5 Å². The van der Waals surface area contributed by atoms with Crippen LogP contribution in [0.3, 0.4) is 0 Å². The molecule has 2 heterocycles. The molecular formula is C14H24N6. The standard InChI is InChI=1S/C14H24N6/c1-7-20(8-2)11(5)17-14-18-12-13(19(14)6)16-10(4)9(3)15-12/h11H,7-8H2,1-6H3,(H,15,17,18). The predicted molar refractivity (Wildman–Crippen MR) is 81.8 cm³/mol. The van der Waals surface area contributed by atoms with E-state index in [9.17, 15) is 0 Å². The number of fused-ring (bicyclic) bond motifs is 1. The SMILES string of the molecule is CCN(CC)C(C)Nc1nc2nc(C)c(C)nc2n1C. The Labute approximate surface area is 120 Å². The third-order valence-corrected chi connectivity index (χ3v) is 3.82. The summed E-state index contributed by atoms with van der Waals surface area (Å²) in [6.45, 7) is 12.4. The maximum Gasteiger partial charge on any atom is 0.207 e. The first-order chi connectivity index (χ1) is 9.47. The van der Waals surface area contributed by atoms with Crippen molar-refractivity contribution in [2.24, 2.45) is 7.05 Å². The lowest BCUT2D eigenvalue weighted by Gasteiger charge is -2.27. The van der Waals surface area contributed by atoms with Gasteiger partial charge in [0.15, 0.2) is 11.3 Å². The fourth-order valence-corrected chi connectivity index (χ4v) is 2.33. The minimum absolute atomic E-state index is 0.225. The molecule has 0 amide bonds. The van der Waals surface area contributed by atoms with E-state index >= 15 is 0 Å². The fourth-order valence-electron chi connectivity index (χ4n) is 2.33. The van der Waals surface area contributed by atoms with E-state index in [4.69, 9.17) is 0 Å². The number of nitrogens with zero attached hydrogens (tertiary/aromatic N) is 5. The van der Waals surface area contributed by atoms with Gasteiger partial charge in [-0.1, -0.05) is 13.8 Å². The second-order valence-corrected chi connectivity index (χ2v) is 5.08. The van der Waals surface area contributed by atoms with Gasteiger partial charge in [-0.3, -0.25) is 9.47 Å². The van der Waals surface area contributed by atoms with Crippen LogP contribution in [-0.2, 0) is 7.05 Å². The van der Waals surface area contributed by atoms with Gasteiger partial charge in [0.05, 0.1) is 17.6 Å². The average Bonchev–Trinajstić information content (AvgIpc) is 2.69. The summed E-state index contributed by atoms with van der Waals surface area (Å²) in [5.41, 5.74) is 3.40. The molecule has 2 aromatic rings. The normalized spacial score (nSPS) is 13.2. The highest BCUT2D eigenvalue weighted by Crippen LogP contribution is 2.17. The Hall–Kier alpha value is -1.69. The molecule has 6 heteroatoms. The van der Waals surface area contributed by atoms with Crippen LogP contribution < -0.4 is 5.32 Å². The quantitative estimate of drug-likeness (QED) is 0.847. The monoisotopic (exact) mass is 276 g/mol. The zero-order valence-electron chi connectivity index (χ0n) is 13.2. The van der Waals surface area contributed by atoms with Crippen LogP contribution in [0.4, 0.5) is 5.95 Å². The van der Waals surface area contributed by atoms with Gasteiger partial charge in [-0.2, -0.15) is 4.98 Å². The molecule has 6 nitrogen and oxygen atoms in total. The van der Waals surface area contributed by atoms with E-state index < -0.39 is 0 Å². The van der Waals surface area contributed by atoms with Crippen molar-refractivity contribution in [3.8, 4) is 0 Å². The highest BCUT2D eigenvalue weighted by Gasteiger charge is 2.16. The lowest BCUT2D eigenvalue weighted by molar-refractivity contribution is 0.252. The van der Waals surface area contributed by atoms with Crippen LogP contribution in [0.5, 0.6) is 0 Å². The Bertz CT molecular complexity index is 599. The second-order valence-electron chi connectivity index (χ2n) is 5.08. The van der Waals surface area contributed by atoms with Gasteiger partial charge in [0, 0.05) is 7.05 Å². The minimum Gasteiger partial charge on any atom is -0.340 e. The van der Waals surface area contributed by atoms with Gasteiger partial charge in [-0.05, 0) is 33.9 Å². The number of aromatic nitrogens is 4. The number of anilines is 1. The van der Waals surface area contributed by atoms with Crippen LogP contribution in [0, 0.1) is 13.8 Å². The van der Waals surface area contributed by atoms with Crippen molar-refractivity contribution < 1.29 is 0 Å². The van der Waals surface area contributed by atoms with Gasteiger partial charge in [0.2, 0.25) is 5.95 Å². The van der Waals surface area contributed by atoms with Crippen molar-refractivity contribution in [1.82, 2.24) is 24.4 Å². The first-order valence-electron chi connectivity index (χ1n) is 7.16. The zero-order valence-corrected chi connectivity index (χ0v) is 13.2. The van der Waals surface area contributed by atoms with E-state index in [0.717, 1.165) is 36.1 Å². The van der Waals surface area contributed by atoms with Crippen molar-refractivity contribution in [2.45, 2.75) is 40.8 Å². The Morgan fingerprint density at radius 2 is 1.70 bits per heavy atom. The lowest BCUT2D eigenvalue weighted by atomic mass is 10.3. The van der Waals surface area contributed by atoms with Crippen LogP contribution >= 0.6 is 0 Å². The number of aryl methyl sites for hydroxylation is 3. The summed E-state index contributed by atoms with van der Waals surface area (Å²) in [6, 6.07) is 0. The molecule has 0 aliphatic rings. The first-order valence-corrected chi connectivity index (χ1v) is 7.16. The molecule has 0 bridgehead atoms. The molecule has 20 heavy (non-hydrogen) atoms. The highest BCUT2D eigenvalue weighted by atomic mass is 15.3. The molecule has 110 valence electrons. The molecule has 0 aliphatic carbocycles. The molecule has 1 atom stereocenters. The van der Waals surface area contributed by atoms with E-state index in [2.05, 4.69) is 45.9 Å². The third kappa shape index (κ3) is 2.60. The maximum absolute atomic E-state index is 4.57. The molecule has 0 aliphatic heterocycles. The number of hydrogen-bond acceptors (Lipinski definition) is 5. The fraction of sp³-hybridized carbons (Fsp3) is 0.643. The summed E-state index contributed by atoms with van der Waals surface area (Å²) in [5.74, 6) is 0.810. The molecule has 1 unspecified atom stereocenters. The summed E-state index contributed by atoms with van der Waals surface area (Å²) in [6.07, 6.45) is 0.225. The summed E-state index contributed by atoms with van der Waals surface area (Å²) < 4.78 is 1.97.